The lowest BCUT2D eigenvalue weighted by molar-refractivity contribution is 0.673. The van der Waals surface area contributed by atoms with E-state index in [0.717, 1.165) is 93.7 Å². The van der Waals surface area contributed by atoms with Crippen molar-refractivity contribution in [2.75, 3.05) is 12.4 Å². The quantitative estimate of drug-likeness (QED) is 0.194. The Bertz CT molecular complexity index is 3360. The van der Waals surface area contributed by atoms with Gasteiger partial charge in [-0.2, -0.15) is 5.26 Å². The van der Waals surface area contributed by atoms with Crippen molar-refractivity contribution in [2.24, 2.45) is 0 Å². The molecular formula is C50H32N4O. The Morgan fingerprint density at radius 1 is 0.509 bits per heavy atom. The number of furan rings is 1. The van der Waals surface area contributed by atoms with Crippen LogP contribution >= 0.6 is 0 Å². The molecule has 0 amide bonds. The van der Waals surface area contributed by atoms with Gasteiger partial charge in [0.15, 0.2) is 0 Å². The molecule has 11 rings (SSSR count). The Morgan fingerprint density at radius 3 is 1.84 bits per heavy atom. The second-order valence-electron chi connectivity index (χ2n) is 14.0. The van der Waals surface area contributed by atoms with Crippen LogP contribution in [0.15, 0.2) is 174 Å². The molecule has 0 spiro atoms. The van der Waals surface area contributed by atoms with Crippen LogP contribution in [0.3, 0.4) is 0 Å². The lowest BCUT2D eigenvalue weighted by Crippen LogP contribution is -2.01. The number of benzene rings is 8. The van der Waals surface area contributed by atoms with E-state index in [1.165, 1.54) is 11.1 Å². The molecule has 0 bridgehead atoms. The summed E-state index contributed by atoms with van der Waals surface area (Å²) in [6.45, 7) is 0. The highest BCUT2D eigenvalue weighted by Gasteiger charge is 2.28. The SMILES string of the molecule is CNc1cc(-c2ccc(-c3ccccc3)cc2)ccc1-n1c2ccccc2c2c3oc4ccccc4c3c3c(c4ccccc4n3-c3cccc(C#N)c3)c21. The second kappa shape index (κ2) is 12.0. The van der Waals surface area contributed by atoms with E-state index in [0.29, 0.717) is 5.56 Å². The molecule has 0 saturated heterocycles. The monoisotopic (exact) mass is 704 g/mol. The molecule has 0 radical (unpaired) electrons. The van der Waals surface area contributed by atoms with Crippen molar-refractivity contribution in [2.45, 2.75) is 0 Å². The van der Waals surface area contributed by atoms with Gasteiger partial charge in [-0.15, -0.1) is 0 Å². The molecule has 1 N–H and O–H groups in total. The van der Waals surface area contributed by atoms with E-state index in [9.17, 15) is 5.26 Å². The van der Waals surface area contributed by atoms with Gasteiger partial charge in [-0.05, 0) is 70.8 Å². The smallest absolute Gasteiger partial charge is 0.147 e. The molecule has 5 nitrogen and oxygen atoms in total. The van der Waals surface area contributed by atoms with Crippen LogP contribution in [0.25, 0.3) is 99.2 Å². The van der Waals surface area contributed by atoms with Crippen LogP contribution in [0.1, 0.15) is 5.56 Å². The Kier molecular flexibility index (Phi) is 6.76. The molecule has 0 atom stereocenters. The molecule has 3 heterocycles. The van der Waals surface area contributed by atoms with Crippen molar-refractivity contribution >= 4 is 71.2 Å². The maximum atomic E-state index is 9.97. The molecule has 0 aliphatic carbocycles. The Morgan fingerprint density at radius 2 is 1.09 bits per heavy atom. The van der Waals surface area contributed by atoms with Gasteiger partial charge in [0.2, 0.25) is 0 Å². The van der Waals surface area contributed by atoms with E-state index in [-0.39, 0.29) is 0 Å². The molecule has 0 unspecified atom stereocenters. The molecule has 0 aliphatic heterocycles. The van der Waals surface area contributed by atoms with E-state index >= 15 is 0 Å². The number of rotatable bonds is 5. The Hall–Kier alpha value is -7.55. The number of fused-ring (bicyclic) bond motifs is 12. The average molecular weight is 705 g/mol. The summed E-state index contributed by atoms with van der Waals surface area (Å²) >= 11 is 0. The third-order valence-corrected chi connectivity index (χ3v) is 11.1. The third-order valence-electron chi connectivity index (χ3n) is 11.1. The standard InChI is InChI=1S/C50H32N4O/c1-52-40-29-35(34-24-22-33(23-25-34)32-13-3-2-4-14-32)26-27-43(40)54-42-20-9-6-17-38(42)46-49(54)45-37-16-5-8-19-41(37)53(36-15-11-12-31(28-36)30-51)48(45)47-39-18-7-10-21-44(39)55-50(46)47/h2-29,52H,1H3. The third kappa shape index (κ3) is 4.52. The highest BCUT2D eigenvalue weighted by molar-refractivity contribution is 6.39. The number of hydrogen-bond donors (Lipinski definition) is 1. The second-order valence-corrected chi connectivity index (χ2v) is 14.0. The first-order valence-corrected chi connectivity index (χ1v) is 18.5. The summed E-state index contributed by atoms with van der Waals surface area (Å²) in [4.78, 5) is 0. The van der Waals surface area contributed by atoms with Crippen LogP contribution in [0, 0.1) is 11.3 Å². The fraction of sp³-hybridized carbons (Fsp3) is 0.0200. The zero-order valence-electron chi connectivity index (χ0n) is 29.9. The summed E-state index contributed by atoms with van der Waals surface area (Å²) in [7, 11) is 2.00. The van der Waals surface area contributed by atoms with Crippen LogP contribution in [0.4, 0.5) is 5.69 Å². The fourth-order valence-electron chi connectivity index (χ4n) is 8.71. The molecule has 8 aromatic carbocycles. The van der Waals surface area contributed by atoms with Gasteiger partial charge in [0.1, 0.15) is 11.2 Å². The van der Waals surface area contributed by atoms with E-state index < -0.39 is 0 Å². The van der Waals surface area contributed by atoms with Crippen LogP contribution < -0.4 is 5.32 Å². The molecule has 3 aromatic heterocycles. The summed E-state index contributed by atoms with van der Waals surface area (Å²) in [6, 6.07) is 61.8. The minimum absolute atomic E-state index is 0.611. The van der Waals surface area contributed by atoms with Gasteiger partial charge in [0.05, 0.1) is 55.8 Å². The minimum atomic E-state index is 0.611. The largest absolute Gasteiger partial charge is 0.455 e. The minimum Gasteiger partial charge on any atom is -0.455 e. The first-order chi connectivity index (χ1) is 27.2. The van der Waals surface area contributed by atoms with Crippen molar-refractivity contribution in [1.82, 2.24) is 9.13 Å². The van der Waals surface area contributed by atoms with Gasteiger partial charge >= 0.3 is 0 Å². The average Bonchev–Trinajstić information content (AvgIpc) is 3.92. The van der Waals surface area contributed by atoms with Gasteiger partial charge in [0.25, 0.3) is 0 Å². The highest BCUT2D eigenvalue weighted by atomic mass is 16.3. The van der Waals surface area contributed by atoms with Crippen LogP contribution in [-0.2, 0) is 0 Å². The number of nitriles is 1. The maximum absolute atomic E-state index is 9.97. The van der Waals surface area contributed by atoms with Crippen LogP contribution in [-0.4, -0.2) is 16.2 Å². The van der Waals surface area contributed by atoms with E-state index in [4.69, 9.17) is 4.42 Å². The number of nitrogens with zero attached hydrogens (tertiary/aromatic N) is 3. The summed E-state index contributed by atoms with van der Waals surface area (Å²) in [5.74, 6) is 0. The van der Waals surface area contributed by atoms with Gasteiger partial charge in [-0.1, -0.05) is 121 Å². The normalized spacial score (nSPS) is 11.7. The van der Waals surface area contributed by atoms with Crippen molar-refractivity contribution in [3.05, 3.63) is 175 Å². The summed E-state index contributed by atoms with van der Waals surface area (Å²) in [6.07, 6.45) is 0. The number of anilines is 1. The number of para-hydroxylation sites is 3. The predicted octanol–water partition coefficient (Wildman–Crippen LogP) is 13.0. The van der Waals surface area contributed by atoms with Gasteiger partial charge in [-0.3, -0.25) is 0 Å². The molecule has 5 heteroatoms. The molecule has 11 aromatic rings. The van der Waals surface area contributed by atoms with Crippen molar-refractivity contribution in [1.29, 1.82) is 5.26 Å². The Balaban J connectivity index is 1.27. The molecular weight excluding hydrogens is 673 g/mol. The summed E-state index contributed by atoms with van der Waals surface area (Å²) in [5.41, 5.74) is 14.2. The Labute approximate surface area is 316 Å². The van der Waals surface area contributed by atoms with Gasteiger partial charge in [-0.25, -0.2) is 0 Å². The zero-order chi connectivity index (χ0) is 36.6. The van der Waals surface area contributed by atoms with Crippen molar-refractivity contribution in [3.63, 3.8) is 0 Å². The summed E-state index contributed by atoms with van der Waals surface area (Å²) in [5, 5.41) is 20.1. The molecule has 0 saturated carbocycles. The van der Waals surface area contributed by atoms with Gasteiger partial charge < -0.3 is 18.9 Å². The fourth-order valence-corrected chi connectivity index (χ4v) is 8.71. The summed E-state index contributed by atoms with van der Waals surface area (Å²) < 4.78 is 11.7. The lowest BCUT2D eigenvalue weighted by Gasteiger charge is -2.16. The van der Waals surface area contributed by atoms with Crippen LogP contribution in [0.5, 0.6) is 0 Å². The maximum Gasteiger partial charge on any atom is 0.147 e. The molecule has 258 valence electrons. The topological polar surface area (TPSA) is 58.8 Å². The lowest BCUT2D eigenvalue weighted by atomic mass is 9.99. The van der Waals surface area contributed by atoms with Gasteiger partial charge in [0, 0.05) is 34.3 Å². The van der Waals surface area contributed by atoms with E-state index in [1.807, 2.05) is 37.4 Å². The highest BCUT2D eigenvalue weighted by Crippen LogP contribution is 2.50. The zero-order valence-corrected chi connectivity index (χ0v) is 29.9. The van der Waals surface area contributed by atoms with E-state index in [1.54, 1.807) is 0 Å². The first kappa shape index (κ1) is 31.0. The molecule has 55 heavy (non-hydrogen) atoms. The van der Waals surface area contributed by atoms with Crippen LogP contribution in [0.2, 0.25) is 0 Å². The predicted molar refractivity (Wildman–Crippen MR) is 228 cm³/mol. The number of hydrogen-bond acceptors (Lipinski definition) is 3. The van der Waals surface area contributed by atoms with Crippen molar-refractivity contribution < 1.29 is 4.42 Å². The number of nitrogens with one attached hydrogen (secondary N) is 1. The number of aromatic nitrogens is 2. The molecule has 0 fully saturated rings. The van der Waals surface area contributed by atoms with E-state index in [2.05, 4.69) is 160 Å². The van der Waals surface area contributed by atoms with Crippen molar-refractivity contribution in [3.8, 4) is 39.7 Å². The molecule has 0 aliphatic rings. The first-order valence-electron chi connectivity index (χ1n) is 18.5.